The van der Waals surface area contributed by atoms with Gasteiger partial charge in [-0.2, -0.15) is 4.98 Å². The maximum absolute atomic E-state index is 12.4. The molecule has 0 saturated carbocycles. The summed E-state index contributed by atoms with van der Waals surface area (Å²) >= 11 is 0. The van der Waals surface area contributed by atoms with Crippen LogP contribution in [-0.4, -0.2) is 27.7 Å². The lowest BCUT2D eigenvalue weighted by molar-refractivity contribution is 0.0261. The summed E-state index contributed by atoms with van der Waals surface area (Å²) in [5.41, 5.74) is 1.07. The van der Waals surface area contributed by atoms with Crippen molar-refractivity contribution in [2.75, 3.05) is 6.61 Å². The highest BCUT2D eigenvalue weighted by molar-refractivity contribution is 5.92. The first-order valence-electron chi connectivity index (χ1n) is 7.86. The summed E-state index contributed by atoms with van der Waals surface area (Å²) in [6.45, 7) is 3.98. The number of carbonyl (C=O) groups is 1. The van der Waals surface area contributed by atoms with E-state index in [1.807, 2.05) is 13.0 Å². The van der Waals surface area contributed by atoms with Gasteiger partial charge in [0, 0.05) is 18.0 Å². The lowest BCUT2D eigenvalue weighted by Crippen LogP contribution is -2.11. The molecule has 0 fully saturated rings. The molecule has 7 nitrogen and oxygen atoms in total. The number of carbonyl (C=O) groups excluding carboxylic acids is 1. The van der Waals surface area contributed by atoms with E-state index < -0.39 is 12.1 Å². The monoisotopic (exact) mass is 339 g/mol. The van der Waals surface area contributed by atoms with Crippen molar-refractivity contribution in [3.63, 3.8) is 0 Å². The number of rotatable bonds is 6. The summed E-state index contributed by atoms with van der Waals surface area (Å²) in [7, 11) is 0. The van der Waals surface area contributed by atoms with E-state index >= 15 is 0 Å². The predicted molar refractivity (Wildman–Crippen MR) is 89.0 cm³/mol. The molecule has 7 heteroatoms. The van der Waals surface area contributed by atoms with Gasteiger partial charge >= 0.3 is 5.97 Å². The smallest absolute Gasteiger partial charge is 0.342 e. The van der Waals surface area contributed by atoms with Crippen molar-refractivity contribution in [3.05, 3.63) is 60.2 Å². The van der Waals surface area contributed by atoms with Crippen LogP contribution in [0.2, 0.25) is 0 Å². The molecule has 0 N–H and O–H groups in total. The van der Waals surface area contributed by atoms with Crippen molar-refractivity contribution in [2.45, 2.75) is 20.0 Å². The molecule has 0 amide bonds. The number of benzene rings is 1. The van der Waals surface area contributed by atoms with Gasteiger partial charge in [0.2, 0.25) is 5.82 Å². The van der Waals surface area contributed by atoms with Gasteiger partial charge in [0.1, 0.15) is 11.3 Å². The highest BCUT2D eigenvalue weighted by atomic mass is 16.6. The fourth-order valence-electron chi connectivity index (χ4n) is 2.20. The van der Waals surface area contributed by atoms with Gasteiger partial charge in [-0.1, -0.05) is 17.3 Å². The van der Waals surface area contributed by atoms with Crippen molar-refractivity contribution < 1.29 is 18.8 Å². The van der Waals surface area contributed by atoms with Crippen LogP contribution in [-0.2, 0) is 4.74 Å². The Bertz CT molecular complexity index is 848. The third kappa shape index (κ3) is 3.82. The van der Waals surface area contributed by atoms with Crippen LogP contribution in [0, 0.1) is 0 Å². The predicted octanol–water partition coefficient (Wildman–Crippen LogP) is 3.45. The first-order valence-corrected chi connectivity index (χ1v) is 7.86. The molecule has 1 aromatic carbocycles. The summed E-state index contributed by atoms with van der Waals surface area (Å²) in [5.74, 6) is 0.559. The second kappa shape index (κ2) is 7.57. The summed E-state index contributed by atoms with van der Waals surface area (Å²) in [6.07, 6.45) is 2.59. The quantitative estimate of drug-likeness (QED) is 0.636. The summed E-state index contributed by atoms with van der Waals surface area (Å²) in [4.78, 5) is 20.7. The normalized spacial score (nSPS) is 11.8. The first-order chi connectivity index (χ1) is 12.2. The minimum absolute atomic E-state index is 0.209. The van der Waals surface area contributed by atoms with Gasteiger partial charge in [0.15, 0.2) is 6.10 Å². The molecule has 0 saturated heterocycles. The van der Waals surface area contributed by atoms with Crippen LogP contribution in [0.1, 0.15) is 36.2 Å². The van der Waals surface area contributed by atoms with E-state index in [0.717, 1.165) is 5.56 Å². The number of nitrogens with zero attached hydrogens (tertiary/aromatic N) is 3. The molecule has 0 spiro atoms. The second-order valence-corrected chi connectivity index (χ2v) is 5.17. The number of hydrogen-bond acceptors (Lipinski definition) is 7. The van der Waals surface area contributed by atoms with Gasteiger partial charge in [0.05, 0.1) is 6.61 Å². The van der Waals surface area contributed by atoms with Crippen molar-refractivity contribution in [1.82, 2.24) is 15.1 Å². The summed E-state index contributed by atoms with van der Waals surface area (Å²) in [5, 5.41) is 3.89. The molecule has 25 heavy (non-hydrogen) atoms. The van der Waals surface area contributed by atoms with Crippen LogP contribution in [0.25, 0.3) is 11.4 Å². The number of ether oxygens (including phenoxy) is 2. The molecular weight excluding hydrogens is 322 g/mol. The molecule has 128 valence electrons. The Labute approximate surface area is 144 Å². The van der Waals surface area contributed by atoms with E-state index in [4.69, 9.17) is 14.0 Å². The third-order valence-electron chi connectivity index (χ3n) is 3.40. The van der Waals surface area contributed by atoms with E-state index in [0.29, 0.717) is 23.7 Å². The van der Waals surface area contributed by atoms with Crippen LogP contribution in [0.5, 0.6) is 5.75 Å². The van der Waals surface area contributed by atoms with Crippen molar-refractivity contribution in [1.29, 1.82) is 0 Å². The molecule has 1 unspecified atom stereocenters. The molecule has 0 aliphatic rings. The van der Waals surface area contributed by atoms with Crippen LogP contribution in [0.3, 0.4) is 0 Å². The Morgan fingerprint density at radius 1 is 1.24 bits per heavy atom. The van der Waals surface area contributed by atoms with Crippen molar-refractivity contribution in [3.8, 4) is 17.1 Å². The zero-order valence-electron chi connectivity index (χ0n) is 13.9. The topological polar surface area (TPSA) is 87.3 Å². The largest absolute Gasteiger partial charge is 0.493 e. The van der Waals surface area contributed by atoms with E-state index in [1.54, 1.807) is 49.6 Å². The Balaban J connectivity index is 1.73. The maximum Gasteiger partial charge on any atom is 0.342 e. The second-order valence-electron chi connectivity index (χ2n) is 5.17. The molecule has 2 heterocycles. The molecule has 0 bridgehead atoms. The number of para-hydroxylation sites is 1. The minimum Gasteiger partial charge on any atom is -0.493 e. The maximum atomic E-state index is 12.4. The van der Waals surface area contributed by atoms with Crippen LogP contribution in [0.4, 0.5) is 0 Å². The van der Waals surface area contributed by atoms with E-state index in [2.05, 4.69) is 15.1 Å². The van der Waals surface area contributed by atoms with E-state index in [9.17, 15) is 4.79 Å². The fraction of sp³-hybridized carbons (Fsp3) is 0.222. The Kier molecular flexibility index (Phi) is 5.03. The first kappa shape index (κ1) is 16.6. The van der Waals surface area contributed by atoms with Crippen molar-refractivity contribution >= 4 is 5.97 Å². The lowest BCUT2D eigenvalue weighted by atomic mass is 10.2. The van der Waals surface area contributed by atoms with Crippen molar-refractivity contribution in [2.24, 2.45) is 0 Å². The fourth-order valence-corrected chi connectivity index (χ4v) is 2.20. The highest BCUT2D eigenvalue weighted by Crippen LogP contribution is 2.24. The van der Waals surface area contributed by atoms with Gasteiger partial charge in [0.25, 0.3) is 5.89 Å². The molecule has 0 aliphatic heterocycles. The molecule has 3 aromatic rings. The zero-order chi connectivity index (χ0) is 17.6. The lowest BCUT2D eigenvalue weighted by Gasteiger charge is -2.12. The summed E-state index contributed by atoms with van der Waals surface area (Å²) in [6, 6.07) is 10.5. The number of pyridine rings is 1. The third-order valence-corrected chi connectivity index (χ3v) is 3.40. The van der Waals surface area contributed by atoms with Gasteiger partial charge < -0.3 is 14.0 Å². The zero-order valence-corrected chi connectivity index (χ0v) is 13.9. The van der Waals surface area contributed by atoms with E-state index in [1.165, 1.54) is 0 Å². The average molecular weight is 339 g/mol. The van der Waals surface area contributed by atoms with Gasteiger partial charge in [-0.25, -0.2) is 4.79 Å². The van der Waals surface area contributed by atoms with Crippen LogP contribution < -0.4 is 4.74 Å². The summed E-state index contributed by atoms with van der Waals surface area (Å²) < 4.78 is 16.1. The number of aromatic nitrogens is 3. The molecule has 0 aliphatic carbocycles. The molecular formula is C18H17N3O4. The molecule has 3 rings (SSSR count). The van der Waals surface area contributed by atoms with E-state index in [-0.39, 0.29) is 5.89 Å². The SMILES string of the molecule is CCOc1ccccc1C(=O)OC(C)c1nc(-c2cccnc2)no1. The Hall–Kier alpha value is -3.22. The number of hydrogen-bond donors (Lipinski definition) is 0. The van der Waals surface area contributed by atoms with Crippen LogP contribution >= 0.6 is 0 Å². The number of esters is 1. The minimum atomic E-state index is -0.694. The standard InChI is InChI=1S/C18H17N3O4/c1-3-23-15-9-5-4-8-14(15)18(22)24-12(2)17-20-16(21-25-17)13-7-6-10-19-11-13/h4-12H,3H2,1-2H3. The van der Waals surface area contributed by atoms with Crippen LogP contribution in [0.15, 0.2) is 53.3 Å². The van der Waals surface area contributed by atoms with Gasteiger partial charge in [-0.05, 0) is 38.1 Å². The van der Waals surface area contributed by atoms with Gasteiger partial charge in [-0.3, -0.25) is 4.98 Å². The Morgan fingerprint density at radius 2 is 2.08 bits per heavy atom. The molecule has 0 radical (unpaired) electrons. The average Bonchev–Trinajstić information content (AvgIpc) is 3.13. The molecule has 1 atom stereocenters. The molecule has 2 aromatic heterocycles. The van der Waals surface area contributed by atoms with Gasteiger partial charge in [-0.15, -0.1) is 0 Å². The highest BCUT2D eigenvalue weighted by Gasteiger charge is 2.22. The Morgan fingerprint density at radius 3 is 2.84 bits per heavy atom.